The van der Waals surface area contributed by atoms with E-state index in [9.17, 15) is 4.79 Å². The molecule has 1 aromatic heterocycles. The van der Waals surface area contributed by atoms with Gasteiger partial charge in [-0.05, 0) is 23.8 Å². The van der Waals surface area contributed by atoms with Crippen molar-refractivity contribution in [1.29, 1.82) is 0 Å². The van der Waals surface area contributed by atoms with Crippen molar-refractivity contribution in [2.24, 2.45) is 0 Å². The average Bonchev–Trinajstić information content (AvgIpc) is 2.41. The van der Waals surface area contributed by atoms with Crippen LogP contribution >= 0.6 is 11.6 Å². The molecule has 4 nitrogen and oxygen atoms in total. The van der Waals surface area contributed by atoms with E-state index in [0.717, 1.165) is 16.5 Å². The normalized spacial score (nSPS) is 10.7. The number of halogens is 1. The first kappa shape index (κ1) is 13.8. The van der Waals surface area contributed by atoms with E-state index in [0.29, 0.717) is 18.1 Å². The molecule has 0 aliphatic rings. The summed E-state index contributed by atoms with van der Waals surface area (Å²) < 4.78 is 0. The summed E-state index contributed by atoms with van der Waals surface area (Å²) >= 11 is 6.13. The molecule has 0 saturated heterocycles. The molecule has 2 aromatic rings. The van der Waals surface area contributed by atoms with Crippen LogP contribution in [0.15, 0.2) is 30.5 Å². The predicted octanol–water partition coefficient (Wildman–Crippen LogP) is 2.07. The first-order valence-corrected chi connectivity index (χ1v) is 6.40. The number of aromatic nitrogens is 1. The van der Waals surface area contributed by atoms with Crippen molar-refractivity contribution in [2.45, 2.75) is 6.54 Å². The molecule has 0 aliphatic carbocycles. The Morgan fingerprint density at radius 1 is 1.37 bits per heavy atom. The number of amides is 1. The van der Waals surface area contributed by atoms with Gasteiger partial charge in [0.15, 0.2) is 0 Å². The van der Waals surface area contributed by atoms with Gasteiger partial charge in [-0.25, -0.2) is 0 Å². The smallest absolute Gasteiger partial charge is 0.236 e. The molecular weight excluding hydrogens is 262 g/mol. The Hall–Kier alpha value is -1.65. The summed E-state index contributed by atoms with van der Waals surface area (Å²) in [6, 6.07) is 7.60. The number of carbonyl (C=O) groups excluding carboxylic acids is 1. The Morgan fingerprint density at radius 3 is 2.89 bits per heavy atom. The Balaban J connectivity index is 2.13. The summed E-state index contributed by atoms with van der Waals surface area (Å²) in [5, 5.41) is 4.74. The molecule has 1 N–H and O–H groups in total. The fourth-order valence-corrected chi connectivity index (χ4v) is 2.02. The third-order valence-corrected chi connectivity index (χ3v) is 3.22. The minimum Gasteiger partial charge on any atom is -0.348 e. The van der Waals surface area contributed by atoms with Crippen LogP contribution in [0.1, 0.15) is 5.56 Å². The summed E-state index contributed by atoms with van der Waals surface area (Å²) in [5.41, 5.74) is 1.91. The van der Waals surface area contributed by atoms with Crippen LogP contribution in [0.2, 0.25) is 5.02 Å². The monoisotopic (exact) mass is 277 g/mol. The molecule has 0 radical (unpaired) electrons. The summed E-state index contributed by atoms with van der Waals surface area (Å²) in [6.45, 7) is 0.897. The Labute approximate surface area is 117 Å². The lowest BCUT2D eigenvalue weighted by atomic mass is 10.1. The molecule has 0 bridgehead atoms. The number of pyridine rings is 1. The van der Waals surface area contributed by atoms with E-state index in [1.54, 1.807) is 25.2 Å². The van der Waals surface area contributed by atoms with Gasteiger partial charge < -0.3 is 10.2 Å². The maximum absolute atomic E-state index is 11.5. The van der Waals surface area contributed by atoms with Gasteiger partial charge in [-0.1, -0.05) is 17.7 Å². The lowest BCUT2D eigenvalue weighted by Crippen LogP contribution is -2.32. The van der Waals surface area contributed by atoms with Crippen LogP contribution in [0, 0.1) is 0 Å². The van der Waals surface area contributed by atoms with Crippen molar-refractivity contribution in [1.82, 2.24) is 15.2 Å². The zero-order valence-electron chi connectivity index (χ0n) is 11.0. The molecule has 0 spiro atoms. The third-order valence-electron chi connectivity index (χ3n) is 2.89. The van der Waals surface area contributed by atoms with Crippen LogP contribution in [-0.4, -0.2) is 36.4 Å². The molecule has 0 aliphatic heterocycles. The Kier molecular flexibility index (Phi) is 4.35. The maximum atomic E-state index is 11.5. The number of fused-ring (bicyclic) bond motifs is 1. The molecule has 1 amide bonds. The van der Waals surface area contributed by atoms with E-state index < -0.39 is 0 Å². The summed E-state index contributed by atoms with van der Waals surface area (Å²) in [5.74, 6) is 0.0474. The summed E-state index contributed by atoms with van der Waals surface area (Å²) in [4.78, 5) is 17.4. The molecule has 0 unspecified atom stereocenters. The van der Waals surface area contributed by atoms with Crippen molar-refractivity contribution < 1.29 is 4.79 Å². The van der Waals surface area contributed by atoms with Crippen molar-refractivity contribution in [3.05, 3.63) is 41.0 Å². The summed E-state index contributed by atoms with van der Waals surface area (Å²) in [6.07, 6.45) is 1.74. The molecule has 0 fully saturated rings. The zero-order chi connectivity index (χ0) is 13.8. The lowest BCUT2D eigenvalue weighted by Gasteiger charge is -2.12. The van der Waals surface area contributed by atoms with E-state index in [4.69, 9.17) is 11.6 Å². The number of rotatable bonds is 4. The predicted molar refractivity (Wildman–Crippen MR) is 77.2 cm³/mol. The third kappa shape index (κ3) is 3.22. The van der Waals surface area contributed by atoms with Crippen LogP contribution in [0.4, 0.5) is 0 Å². The largest absolute Gasteiger partial charge is 0.348 e. The second-order valence-corrected chi connectivity index (χ2v) is 4.90. The fourth-order valence-electron chi connectivity index (χ4n) is 1.80. The SMILES string of the molecule is CN(C)C(=O)CNCc1ccc(Cl)c2cccnc12. The number of nitrogens with zero attached hydrogens (tertiary/aromatic N) is 2. The highest BCUT2D eigenvalue weighted by Crippen LogP contribution is 2.24. The van der Waals surface area contributed by atoms with Gasteiger partial charge >= 0.3 is 0 Å². The standard InChI is InChI=1S/C14H16ClN3O/c1-18(2)13(19)9-16-8-10-5-6-12(15)11-4-3-7-17-14(10)11/h3-7,16H,8-9H2,1-2H3. The lowest BCUT2D eigenvalue weighted by molar-refractivity contribution is -0.127. The number of carbonyl (C=O) groups is 1. The molecule has 0 saturated carbocycles. The van der Waals surface area contributed by atoms with E-state index >= 15 is 0 Å². The number of benzene rings is 1. The van der Waals surface area contributed by atoms with E-state index in [1.807, 2.05) is 24.3 Å². The van der Waals surface area contributed by atoms with Gasteiger partial charge in [0.1, 0.15) is 0 Å². The van der Waals surface area contributed by atoms with E-state index in [-0.39, 0.29) is 5.91 Å². The minimum absolute atomic E-state index is 0.0474. The summed E-state index contributed by atoms with van der Waals surface area (Å²) in [7, 11) is 3.48. The van der Waals surface area contributed by atoms with Gasteiger partial charge in [-0.3, -0.25) is 9.78 Å². The molecule has 1 aromatic carbocycles. The molecular formula is C14H16ClN3O. The highest BCUT2D eigenvalue weighted by atomic mass is 35.5. The van der Waals surface area contributed by atoms with Gasteiger partial charge in [0.25, 0.3) is 0 Å². The second-order valence-electron chi connectivity index (χ2n) is 4.50. The van der Waals surface area contributed by atoms with Crippen molar-refractivity contribution in [3.63, 3.8) is 0 Å². The molecule has 1 heterocycles. The van der Waals surface area contributed by atoms with Crippen molar-refractivity contribution >= 4 is 28.4 Å². The number of likely N-dealkylation sites (N-methyl/N-ethyl adjacent to an activating group) is 1. The highest BCUT2D eigenvalue weighted by molar-refractivity contribution is 6.35. The first-order valence-electron chi connectivity index (χ1n) is 6.02. The number of hydrogen-bond acceptors (Lipinski definition) is 3. The van der Waals surface area contributed by atoms with Gasteiger partial charge in [-0.15, -0.1) is 0 Å². The topological polar surface area (TPSA) is 45.2 Å². The first-order chi connectivity index (χ1) is 9.09. The van der Waals surface area contributed by atoms with Crippen LogP contribution in [0.5, 0.6) is 0 Å². The molecule has 2 rings (SSSR count). The highest BCUT2D eigenvalue weighted by Gasteiger charge is 2.07. The Morgan fingerprint density at radius 2 is 2.16 bits per heavy atom. The zero-order valence-corrected chi connectivity index (χ0v) is 11.7. The van der Waals surface area contributed by atoms with E-state index in [2.05, 4.69) is 10.3 Å². The number of hydrogen-bond donors (Lipinski definition) is 1. The second kappa shape index (κ2) is 5.99. The minimum atomic E-state index is 0.0474. The van der Waals surface area contributed by atoms with Gasteiger partial charge in [0.2, 0.25) is 5.91 Å². The van der Waals surface area contributed by atoms with Crippen LogP contribution in [-0.2, 0) is 11.3 Å². The van der Waals surface area contributed by atoms with Crippen molar-refractivity contribution in [3.8, 4) is 0 Å². The number of nitrogens with one attached hydrogen (secondary N) is 1. The molecule has 0 atom stereocenters. The average molecular weight is 278 g/mol. The van der Waals surface area contributed by atoms with Crippen LogP contribution in [0.25, 0.3) is 10.9 Å². The van der Waals surface area contributed by atoms with Crippen LogP contribution in [0.3, 0.4) is 0 Å². The maximum Gasteiger partial charge on any atom is 0.236 e. The van der Waals surface area contributed by atoms with Gasteiger partial charge in [0, 0.05) is 37.2 Å². The van der Waals surface area contributed by atoms with Gasteiger partial charge in [0.05, 0.1) is 12.1 Å². The Bertz CT molecular complexity index is 598. The molecule has 100 valence electrons. The fraction of sp³-hybridized carbons (Fsp3) is 0.286. The van der Waals surface area contributed by atoms with E-state index in [1.165, 1.54) is 0 Å². The van der Waals surface area contributed by atoms with Crippen LogP contribution < -0.4 is 5.32 Å². The van der Waals surface area contributed by atoms with Gasteiger partial charge in [-0.2, -0.15) is 0 Å². The van der Waals surface area contributed by atoms with Crippen molar-refractivity contribution in [2.75, 3.05) is 20.6 Å². The molecule has 5 heteroatoms. The quantitative estimate of drug-likeness (QED) is 0.930. The molecule has 19 heavy (non-hydrogen) atoms.